The molecule has 0 aromatic heterocycles. The molecule has 1 N–H and O–H groups in total. The summed E-state index contributed by atoms with van der Waals surface area (Å²) in [4.78, 5) is 10.9. The van der Waals surface area contributed by atoms with Crippen LogP contribution in [0.1, 0.15) is 19.3 Å². The van der Waals surface area contributed by atoms with Crippen LogP contribution in [0.3, 0.4) is 0 Å². The standard InChI is InChI=1S/C21H34N4OS.HI/c1-22-21(23-15-19-7-6-11-24(19)13-14-26-2)25-12-10-18(16-25)17-27-20-8-4-3-5-9-20;/h3-5,8-9,18-19H,6-7,10-17H2,1-2H3,(H,22,23);1H. The minimum absolute atomic E-state index is 0. The maximum Gasteiger partial charge on any atom is 0.193 e. The summed E-state index contributed by atoms with van der Waals surface area (Å²) in [7, 11) is 3.69. The lowest BCUT2D eigenvalue weighted by Gasteiger charge is -2.27. The number of aliphatic imine (C=N–C) groups is 1. The first-order chi connectivity index (χ1) is 13.3. The number of halogens is 1. The molecule has 5 nitrogen and oxygen atoms in total. The quantitative estimate of drug-likeness (QED) is 0.247. The van der Waals surface area contributed by atoms with E-state index in [0.717, 1.165) is 44.7 Å². The maximum absolute atomic E-state index is 5.25. The molecular weight excluding hydrogens is 483 g/mol. The number of nitrogens with one attached hydrogen (secondary N) is 1. The van der Waals surface area contributed by atoms with Gasteiger partial charge in [0.05, 0.1) is 6.61 Å². The Morgan fingerprint density at radius 1 is 1.25 bits per heavy atom. The van der Waals surface area contributed by atoms with Crippen molar-refractivity contribution in [3.05, 3.63) is 30.3 Å². The smallest absolute Gasteiger partial charge is 0.193 e. The van der Waals surface area contributed by atoms with Crippen LogP contribution in [-0.4, -0.2) is 81.0 Å². The molecule has 0 bridgehead atoms. The first-order valence-corrected chi connectivity index (χ1v) is 11.1. The van der Waals surface area contributed by atoms with E-state index in [1.165, 1.54) is 36.5 Å². The molecular formula is C21H35IN4OS. The van der Waals surface area contributed by atoms with Crippen LogP contribution in [0.15, 0.2) is 40.2 Å². The Morgan fingerprint density at radius 2 is 2.07 bits per heavy atom. The van der Waals surface area contributed by atoms with Crippen LogP contribution < -0.4 is 5.32 Å². The summed E-state index contributed by atoms with van der Waals surface area (Å²) in [6.45, 7) is 6.24. The van der Waals surface area contributed by atoms with E-state index in [0.29, 0.717) is 6.04 Å². The van der Waals surface area contributed by atoms with Gasteiger partial charge in [0.25, 0.3) is 0 Å². The van der Waals surface area contributed by atoms with Crippen LogP contribution in [0.5, 0.6) is 0 Å². The Hall–Kier alpha value is -0.510. The first-order valence-electron chi connectivity index (χ1n) is 10.2. The molecule has 158 valence electrons. The molecule has 2 fully saturated rings. The third kappa shape index (κ3) is 7.07. The summed E-state index contributed by atoms with van der Waals surface area (Å²) in [6, 6.07) is 11.3. The van der Waals surface area contributed by atoms with Gasteiger partial charge in [-0.05, 0) is 43.9 Å². The second kappa shape index (κ2) is 12.9. The second-order valence-electron chi connectivity index (χ2n) is 7.48. The van der Waals surface area contributed by atoms with Crippen molar-refractivity contribution in [1.82, 2.24) is 15.1 Å². The summed E-state index contributed by atoms with van der Waals surface area (Å²) in [5.41, 5.74) is 0. The Bertz CT molecular complexity index is 589. The van der Waals surface area contributed by atoms with Crippen LogP contribution in [0.4, 0.5) is 0 Å². The van der Waals surface area contributed by atoms with Crippen LogP contribution in [0, 0.1) is 5.92 Å². The van der Waals surface area contributed by atoms with E-state index in [-0.39, 0.29) is 24.0 Å². The van der Waals surface area contributed by atoms with Gasteiger partial charge in [-0.25, -0.2) is 0 Å². The Kier molecular flexibility index (Phi) is 11.0. The predicted molar refractivity (Wildman–Crippen MR) is 130 cm³/mol. The molecule has 28 heavy (non-hydrogen) atoms. The normalized spacial score (nSPS) is 23.1. The fourth-order valence-electron chi connectivity index (χ4n) is 4.06. The molecule has 0 spiro atoms. The zero-order chi connectivity index (χ0) is 18.9. The number of rotatable bonds is 8. The molecule has 2 unspecified atom stereocenters. The number of methoxy groups -OCH3 is 1. The molecule has 2 aliphatic heterocycles. The van der Waals surface area contributed by atoms with Gasteiger partial charge >= 0.3 is 0 Å². The van der Waals surface area contributed by atoms with Gasteiger partial charge in [-0.1, -0.05) is 18.2 Å². The summed E-state index contributed by atoms with van der Waals surface area (Å²) in [5, 5.41) is 3.64. The minimum atomic E-state index is 0. The highest BCUT2D eigenvalue weighted by molar-refractivity contribution is 14.0. The van der Waals surface area contributed by atoms with Crippen LogP contribution >= 0.6 is 35.7 Å². The fraction of sp³-hybridized carbons (Fsp3) is 0.667. The Morgan fingerprint density at radius 3 is 2.82 bits per heavy atom. The zero-order valence-corrected chi connectivity index (χ0v) is 20.3. The van der Waals surface area contributed by atoms with E-state index in [4.69, 9.17) is 4.74 Å². The van der Waals surface area contributed by atoms with Crippen molar-refractivity contribution in [3.8, 4) is 0 Å². The predicted octanol–water partition coefficient (Wildman–Crippen LogP) is 3.40. The van der Waals surface area contributed by atoms with Crippen molar-refractivity contribution in [2.45, 2.75) is 30.2 Å². The van der Waals surface area contributed by atoms with E-state index in [2.05, 4.69) is 50.4 Å². The second-order valence-corrected chi connectivity index (χ2v) is 8.57. The molecule has 1 aromatic rings. The van der Waals surface area contributed by atoms with Gasteiger partial charge in [0.15, 0.2) is 5.96 Å². The average molecular weight is 519 g/mol. The van der Waals surface area contributed by atoms with Gasteiger partial charge in [-0.3, -0.25) is 9.89 Å². The lowest BCUT2D eigenvalue weighted by molar-refractivity contribution is 0.141. The molecule has 0 saturated carbocycles. The largest absolute Gasteiger partial charge is 0.383 e. The third-order valence-electron chi connectivity index (χ3n) is 5.60. The van der Waals surface area contributed by atoms with Crippen LogP contribution in [0.2, 0.25) is 0 Å². The van der Waals surface area contributed by atoms with E-state index in [1.807, 2.05) is 18.8 Å². The molecule has 2 heterocycles. The number of hydrogen-bond donors (Lipinski definition) is 1. The van der Waals surface area contributed by atoms with Crippen molar-refractivity contribution < 1.29 is 4.74 Å². The molecule has 2 aliphatic rings. The fourth-order valence-corrected chi connectivity index (χ4v) is 5.11. The van der Waals surface area contributed by atoms with Crippen molar-refractivity contribution >= 4 is 41.7 Å². The van der Waals surface area contributed by atoms with E-state index < -0.39 is 0 Å². The zero-order valence-electron chi connectivity index (χ0n) is 17.2. The maximum atomic E-state index is 5.25. The Labute approximate surface area is 191 Å². The van der Waals surface area contributed by atoms with Gasteiger partial charge in [-0.2, -0.15) is 0 Å². The van der Waals surface area contributed by atoms with Gasteiger partial charge in [0.1, 0.15) is 0 Å². The number of ether oxygens (including phenoxy) is 1. The van der Waals surface area contributed by atoms with E-state index >= 15 is 0 Å². The molecule has 0 radical (unpaired) electrons. The lowest BCUT2D eigenvalue weighted by Crippen LogP contribution is -2.46. The monoisotopic (exact) mass is 518 g/mol. The summed E-state index contributed by atoms with van der Waals surface area (Å²) in [5.74, 6) is 2.99. The van der Waals surface area contributed by atoms with Crippen molar-refractivity contribution in [1.29, 1.82) is 0 Å². The molecule has 0 aliphatic carbocycles. The van der Waals surface area contributed by atoms with Crippen molar-refractivity contribution in [2.75, 3.05) is 59.2 Å². The van der Waals surface area contributed by atoms with Crippen LogP contribution in [-0.2, 0) is 4.74 Å². The highest BCUT2D eigenvalue weighted by atomic mass is 127. The van der Waals surface area contributed by atoms with Gasteiger partial charge < -0.3 is 15.0 Å². The molecule has 2 atom stereocenters. The number of benzene rings is 1. The van der Waals surface area contributed by atoms with E-state index in [9.17, 15) is 0 Å². The SMILES string of the molecule is CN=C(NCC1CCCN1CCOC)N1CCC(CSc2ccccc2)C1.I. The van der Waals surface area contributed by atoms with Gasteiger partial charge in [0.2, 0.25) is 0 Å². The third-order valence-corrected chi connectivity index (χ3v) is 6.85. The molecule has 1 aromatic carbocycles. The number of hydrogen-bond acceptors (Lipinski definition) is 4. The Balaban J connectivity index is 0.00000280. The van der Waals surface area contributed by atoms with Crippen molar-refractivity contribution in [3.63, 3.8) is 0 Å². The number of thioether (sulfide) groups is 1. The van der Waals surface area contributed by atoms with E-state index in [1.54, 1.807) is 7.11 Å². The lowest BCUT2D eigenvalue weighted by atomic mass is 10.2. The van der Waals surface area contributed by atoms with Gasteiger partial charge in [0, 0.05) is 57.0 Å². The summed E-state index contributed by atoms with van der Waals surface area (Å²) < 4.78 is 5.25. The molecule has 7 heteroatoms. The number of likely N-dealkylation sites (tertiary alicyclic amines) is 2. The molecule has 0 amide bonds. The first kappa shape index (κ1) is 23.8. The van der Waals surface area contributed by atoms with Gasteiger partial charge in [-0.15, -0.1) is 35.7 Å². The van der Waals surface area contributed by atoms with Crippen molar-refractivity contribution in [2.24, 2.45) is 10.9 Å². The highest BCUT2D eigenvalue weighted by Gasteiger charge is 2.27. The number of nitrogens with zero attached hydrogens (tertiary/aromatic N) is 3. The molecule has 2 saturated heterocycles. The summed E-state index contributed by atoms with van der Waals surface area (Å²) >= 11 is 1.98. The van der Waals surface area contributed by atoms with Crippen LogP contribution in [0.25, 0.3) is 0 Å². The number of guanidine groups is 1. The average Bonchev–Trinajstić information content (AvgIpc) is 3.36. The topological polar surface area (TPSA) is 40.1 Å². The molecule has 3 rings (SSSR count). The highest BCUT2D eigenvalue weighted by Crippen LogP contribution is 2.26. The minimum Gasteiger partial charge on any atom is -0.383 e. The summed E-state index contributed by atoms with van der Waals surface area (Å²) in [6.07, 6.45) is 3.81.